The Morgan fingerprint density at radius 2 is 2.29 bits per heavy atom. The molecule has 0 unspecified atom stereocenters. The second-order valence-corrected chi connectivity index (χ2v) is 5.59. The smallest absolute Gasteiger partial charge is 0.246 e. The first-order valence-corrected chi connectivity index (χ1v) is 6.64. The standard InChI is InChI=1S/C9H16N4O3S/c1-3-4-10-9(14)7-13(2)17(15,16)8-5-11-12-6-8/h5-6H,3-4,7H2,1-2H3,(H,10,14)(H,11,12). The molecule has 7 nitrogen and oxygen atoms in total. The summed E-state index contributed by atoms with van der Waals surface area (Å²) >= 11 is 0. The van der Waals surface area contributed by atoms with Crippen molar-refractivity contribution in [1.29, 1.82) is 0 Å². The third-order valence-corrected chi connectivity index (χ3v) is 3.89. The van der Waals surface area contributed by atoms with Crippen molar-refractivity contribution in [3.63, 3.8) is 0 Å². The largest absolute Gasteiger partial charge is 0.355 e. The second kappa shape index (κ2) is 5.78. The van der Waals surface area contributed by atoms with Crippen LogP contribution in [0.2, 0.25) is 0 Å². The third kappa shape index (κ3) is 3.53. The zero-order valence-corrected chi connectivity index (χ0v) is 10.6. The van der Waals surface area contributed by atoms with Crippen LogP contribution in [-0.2, 0) is 14.8 Å². The molecule has 0 bridgehead atoms. The molecule has 96 valence electrons. The minimum Gasteiger partial charge on any atom is -0.355 e. The highest BCUT2D eigenvalue weighted by atomic mass is 32.2. The second-order valence-electron chi connectivity index (χ2n) is 3.55. The predicted molar refractivity (Wildman–Crippen MR) is 61.7 cm³/mol. The van der Waals surface area contributed by atoms with Crippen LogP contribution >= 0.6 is 0 Å². The van der Waals surface area contributed by atoms with Gasteiger partial charge >= 0.3 is 0 Å². The van der Waals surface area contributed by atoms with Gasteiger partial charge < -0.3 is 5.32 Å². The number of carbonyl (C=O) groups excluding carboxylic acids is 1. The number of aromatic nitrogens is 2. The van der Waals surface area contributed by atoms with Crippen molar-refractivity contribution in [2.45, 2.75) is 18.2 Å². The number of amides is 1. The lowest BCUT2D eigenvalue weighted by molar-refractivity contribution is -0.121. The van der Waals surface area contributed by atoms with Gasteiger partial charge in [-0.1, -0.05) is 6.92 Å². The molecule has 0 saturated heterocycles. The van der Waals surface area contributed by atoms with E-state index in [1.807, 2.05) is 6.92 Å². The summed E-state index contributed by atoms with van der Waals surface area (Å²) in [5, 5.41) is 8.60. The van der Waals surface area contributed by atoms with E-state index < -0.39 is 10.0 Å². The van der Waals surface area contributed by atoms with Crippen LogP contribution in [-0.4, -0.2) is 49.0 Å². The van der Waals surface area contributed by atoms with Crippen molar-refractivity contribution in [2.75, 3.05) is 20.1 Å². The van der Waals surface area contributed by atoms with Crippen molar-refractivity contribution < 1.29 is 13.2 Å². The van der Waals surface area contributed by atoms with E-state index in [1.54, 1.807) is 0 Å². The average molecular weight is 260 g/mol. The van der Waals surface area contributed by atoms with Gasteiger partial charge in [-0.2, -0.15) is 9.40 Å². The van der Waals surface area contributed by atoms with Crippen LogP contribution in [0.3, 0.4) is 0 Å². The summed E-state index contributed by atoms with van der Waals surface area (Å²) in [4.78, 5) is 11.4. The predicted octanol–water partition coefficient (Wildman–Crippen LogP) is -0.444. The van der Waals surface area contributed by atoms with E-state index in [2.05, 4.69) is 15.5 Å². The van der Waals surface area contributed by atoms with Crippen LogP contribution < -0.4 is 5.32 Å². The Balaban J connectivity index is 2.64. The van der Waals surface area contributed by atoms with Crippen LogP contribution in [0.1, 0.15) is 13.3 Å². The first-order valence-electron chi connectivity index (χ1n) is 5.20. The van der Waals surface area contributed by atoms with E-state index in [4.69, 9.17) is 0 Å². The maximum absolute atomic E-state index is 11.9. The number of carbonyl (C=O) groups is 1. The molecule has 1 rings (SSSR count). The molecular weight excluding hydrogens is 244 g/mol. The zero-order valence-electron chi connectivity index (χ0n) is 9.80. The summed E-state index contributed by atoms with van der Waals surface area (Å²) in [7, 11) is -2.28. The lowest BCUT2D eigenvalue weighted by Gasteiger charge is -2.15. The van der Waals surface area contributed by atoms with Crippen LogP contribution in [0.4, 0.5) is 0 Å². The van der Waals surface area contributed by atoms with E-state index in [-0.39, 0.29) is 17.3 Å². The monoisotopic (exact) mass is 260 g/mol. The Labute approximate surface area is 100 Å². The molecule has 8 heteroatoms. The van der Waals surface area contributed by atoms with Crippen molar-refractivity contribution in [3.8, 4) is 0 Å². The number of sulfonamides is 1. The molecule has 0 aromatic carbocycles. The number of rotatable bonds is 6. The summed E-state index contributed by atoms with van der Waals surface area (Å²) in [6.45, 7) is 2.26. The molecule has 0 spiro atoms. The highest BCUT2D eigenvalue weighted by molar-refractivity contribution is 7.89. The maximum Gasteiger partial charge on any atom is 0.246 e. The highest BCUT2D eigenvalue weighted by Crippen LogP contribution is 2.10. The lowest BCUT2D eigenvalue weighted by Crippen LogP contribution is -2.38. The van der Waals surface area contributed by atoms with Gasteiger partial charge in [0.15, 0.2) is 0 Å². The van der Waals surface area contributed by atoms with Gasteiger partial charge in [0.25, 0.3) is 0 Å². The van der Waals surface area contributed by atoms with E-state index in [1.165, 1.54) is 19.4 Å². The SMILES string of the molecule is CCCNC(=O)CN(C)S(=O)(=O)c1cn[nH]c1. The first kappa shape index (κ1) is 13.7. The molecule has 0 aliphatic carbocycles. The van der Waals surface area contributed by atoms with Gasteiger partial charge in [0.05, 0.1) is 12.7 Å². The minimum absolute atomic E-state index is 0.0447. The fourth-order valence-electron chi connectivity index (χ4n) is 1.17. The van der Waals surface area contributed by atoms with E-state index >= 15 is 0 Å². The van der Waals surface area contributed by atoms with Crippen LogP contribution in [0, 0.1) is 0 Å². The van der Waals surface area contributed by atoms with Crippen LogP contribution in [0.15, 0.2) is 17.3 Å². The summed E-state index contributed by atoms with van der Waals surface area (Å²) in [6, 6.07) is 0. The van der Waals surface area contributed by atoms with Gasteiger partial charge in [-0.05, 0) is 6.42 Å². The van der Waals surface area contributed by atoms with Crippen molar-refractivity contribution in [2.24, 2.45) is 0 Å². The number of nitrogens with one attached hydrogen (secondary N) is 2. The first-order chi connectivity index (χ1) is 7.98. The Hall–Kier alpha value is -1.41. The molecule has 1 aromatic rings. The molecule has 0 aliphatic rings. The number of aromatic amines is 1. The lowest BCUT2D eigenvalue weighted by atomic mass is 10.4. The van der Waals surface area contributed by atoms with E-state index in [0.717, 1.165) is 10.7 Å². The number of likely N-dealkylation sites (N-methyl/N-ethyl adjacent to an activating group) is 1. The van der Waals surface area contributed by atoms with Gasteiger partial charge in [-0.25, -0.2) is 8.42 Å². The van der Waals surface area contributed by atoms with Gasteiger partial charge in [-0.15, -0.1) is 0 Å². The van der Waals surface area contributed by atoms with Gasteiger partial charge in [0.2, 0.25) is 15.9 Å². The fraction of sp³-hybridized carbons (Fsp3) is 0.556. The van der Waals surface area contributed by atoms with E-state index in [9.17, 15) is 13.2 Å². The molecule has 0 atom stereocenters. The number of H-pyrrole nitrogens is 1. The Kier molecular flexibility index (Phi) is 4.64. The molecular formula is C9H16N4O3S. The Bertz CT molecular complexity index is 455. The van der Waals surface area contributed by atoms with Crippen molar-refractivity contribution in [3.05, 3.63) is 12.4 Å². The topological polar surface area (TPSA) is 95.2 Å². The summed E-state index contributed by atoms with van der Waals surface area (Å²) < 4.78 is 24.8. The molecule has 0 saturated carbocycles. The normalized spacial score (nSPS) is 11.7. The molecule has 0 aliphatic heterocycles. The minimum atomic E-state index is -3.64. The van der Waals surface area contributed by atoms with E-state index in [0.29, 0.717) is 6.54 Å². The van der Waals surface area contributed by atoms with Gasteiger partial charge in [0, 0.05) is 19.8 Å². The average Bonchev–Trinajstić information content (AvgIpc) is 2.80. The molecule has 1 amide bonds. The maximum atomic E-state index is 11.9. The van der Waals surface area contributed by atoms with Crippen molar-refractivity contribution in [1.82, 2.24) is 19.8 Å². The zero-order chi connectivity index (χ0) is 12.9. The number of nitrogens with zero attached hydrogens (tertiary/aromatic N) is 2. The molecule has 0 fully saturated rings. The summed E-state index contributed by atoms with van der Waals surface area (Å²) in [6.07, 6.45) is 3.29. The van der Waals surface area contributed by atoms with Gasteiger partial charge in [-0.3, -0.25) is 9.89 Å². The molecule has 2 N–H and O–H groups in total. The number of hydrogen-bond donors (Lipinski definition) is 2. The highest BCUT2D eigenvalue weighted by Gasteiger charge is 2.23. The third-order valence-electron chi connectivity index (χ3n) is 2.12. The Morgan fingerprint density at radius 1 is 1.59 bits per heavy atom. The summed E-state index contributed by atoms with van der Waals surface area (Å²) in [5.74, 6) is -0.318. The number of hydrogen-bond acceptors (Lipinski definition) is 4. The summed E-state index contributed by atoms with van der Waals surface area (Å²) in [5.41, 5.74) is 0. The van der Waals surface area contributed by atoms with Crippen LogP contribution in [0.5, 0.6) is 0 Å². The van der Waals surface area contributed by atoms with Crippen LogP contribution in [0.25, 0.3) is 0 Å². The van der Waals surface area contributed by atoms with Crippen molar-refractivity contribution >= 4 is 15.9 Å². The molecule has 1 aromatic heterocycles. The fourth-order valence-corrected chi connectivity index (χ4v) is 2.20. The molecule has 1 heterocycles. The Morgan fingerprint density at radius 3 is 2.82 bits per heavy atom. The molecule has 17 heavy (non-hydrogen) atoms. The quantitative estimate of drug-likeness (QED) is 0.724. The van der Waals surface area contributed by atoms with Gasteiger partial charge in [0.1, 0.15) is 4.90 Å². The molecule has 0 radical (unpaired) electrons.